The Hall–Kier alpha value is -2.63. The number of carbonyl (C=O) groups excluding carboxylic acids is 2. The van der Waals surface area contributed by atoms with E-state index in [2.05, 4.69) is 51.9 Å². The third-order valence-electron chi connectivity index (χ3n) is 9.87. The van der Waals surface area contributed by atoms with Gasteiger partial charge >= 0.3 is 6.03 Å². The Bertz CT molecular complexity index is 1010. The minimum absolute atomic E-state index is 0.203. The predicted molar refractivity (Wildman–Crippen MR) is 155 cm³/mol. The second-order valence-corrected chi connectivity index (χ2v) is 12.5. The molecular formula is C32H47N5O3. The summed E-state index contributed by atoms with van der Waals surface area (Å²) in [4.78, 5) is 31.1. The molecule has 2 saturated heterocycles. The average molecular weight is 550 g/mol. The predicted octanol–water partition coefficient (Wildman–Crippen LogP) is 4.57. The molecule has 0 spiro atoms. The number of carbonyl (C=O) groups is 2. The molecule has 218 valence electrons. The summed E-state index contributed by atoms with van der Waals surface area (Å²) in [5.74, 6) is 0.820. The molecule has 1 aromatic carbocycles. The molecule has 0 radical (unpaired) electrons. The van der Waals surface area contributed by atoms with E-state index in [1.807, 2.05) is 0 Å². The molecule has 4 fully saturated rings. The second kappa shape index (κ2) is 13.8. The summed E-state index contributed by atoms with van der Waals surface area (Å²) in [7, 11) is 0. The first-order valence-electron chi connectivity index (χ1n) is 15.7. The first kappa shape index (κ1) is 28.9. The zero-order chi connectivity index (χ0) is 27.8. The molecule has 2 saturated carbocycles. The smallest absolute Gasteiger partial charge is 0.318 e. The van der Waals surface area contributed by atoms with Crippen molar-refractivity contribution in [2.75, 3.05) is 39.4 Å². The lowest BCUT2D eigenvalue weighted by Crippen LogP contribution is -2.61. The van der Waals surface area contributed by atoms with Crippen molar-refractivity contribution in [3.63, 3.8) is 0 Å². The van der Waals surface area contributed by atoms with Crippen molar-refractivity contribution in [2.24, 2.45) is 5.92 Å². The van der Waals surface area contributed by atoms with Gasteiger partial charge in [0.2, 0.25) is 5.91 Å². The summed E-state index contributed by atoms with van der Waals surface area (Å²) in [5.41, 5.74) is 0.557. The summed E-state index contributed by atoms with van der Waals surface area (Å²) < 4.78 is 5.39. The molecule has 5 rings (SSSR count). The van der Waals surface area contributed by atoms with Crippen molar-refractivity contribution >= 4 is 11.9 Å². The van der Waals surface area contributed by atoms with E-state index < -0.39 is 11.6 Å². The van der Waals surface area contributed by atoms with Gasteiger partial charge in [0, 0.05) is 32.2 Å². The quantitative estimate of drug-likeness (QED) is 0.519. The Morgan fingerprint density at radius 2 is 1.70 bits per heavy atom. The number of morpholine rings is 1. The van der Waals surface area contributed by atoms with E-state index in [0.29, 0.717) is 63.4 Å². The molecule has 3 atom stereocenters. The summed E-state index contributed by atoms with van der Waals surface area (Å²) >= 11 is 0. The van der Waals surface area contributed by atoms with Crippen LogP contribution in [0.4, 0.5) is 4.79 Å². The fourth-order valence-corrected chi connectivity index (χ4v) is 7.38. The standard InChI is InChI=1S/C32H47N5O3/c33-24-32(14-16-36(17-15-32)28-13-7-12-27(23-28)26-10-5-2-6-11-26)35-30(38)29(22-25-8-3-1-4-9-25)34-31(39)37-18-20-40-21-19-37/h2,5-6,10-11,25,27-29H,1,3-4,7-9,12-23H2,(H,34,39)(H,35,38). The van der Waals surface area contributed by atoms with Crippen LogP contribution in [0.2, 0.25) is 0 Å². The Labute approximate surface area is 239 Å². The number of piperidine rings is 1. The number of hydrogen-bond donors (Lipinski definition) is 2. The number of rotatable bonds is 7. The number of benzene rings is 1. The molecule has 3 amide bonds. The van der Waals surface area contributed by atoms with Crippen LogP contribution >= 0.6 is 0 Å². The van der Waals surface area contributed by atoms with Gasteiger partial charge in [-0.15, -0.1) is 0 Å². The minimum Gasteiger partial charge on any atom is -0.378 e. The maximum Gasteiger partial charge on any atom is 0.318 e. The summed E-state index contributed by atoms with van der Waals surface area (Å²) in [6.45, 7) is 3.74. The highest BCUT2D eigenvalue weighted by Crippen LogP contribution is 2.37. The fourth-order valence-electron chi connectivity index (χ4n) is 7.38. The van der Waals surface area contributed by atoms with Crippen LogP contribution in [0.15, 0.2) is 30.3 Å². The lowest BCUT2D eigenvalue weighted by Gasteiger charge is -2.44. The summed E-state index contributed by atoms with van der Waals surface area (Å²) in [5, 5.41) is 16.5. The average Bonchev–Trinajstić information content (AvgIpc) is 3.02. The number of urea groups is 1. The molecule has 2 N–H and O–H groups in total. The van der Waals surface area contributed by atoms with E-state index >= 15 is 0 Å². The lowest BCUT2D eigenvalue weighted by molar-refractivity contribution is -0.125. The Balaban J connectivity index is 1.19. The number of ether oxygens (including phenoxy) is 1. The van der Waals surface area contributed by atoms with Crippen molar-refractivity contribution in [1.29, 1.82) is 5.26 Å². The van der Waals surface area contributed by atoms with Gasteiger partial charge in [0.1, 0.15) is 11.6 Å². The first-order valence-corrected chi connectivity index (χ1v) is 15.7. The van der Waals surface area contributed by atoms with Crippen molar-refractivity contribution in [2.45, 2.75) is 101 Å². The molecule has 0 bridgehead atoms. The van der Waals surface area contributed by atoms with Gasteiger partial charge < -0.3 is 25.2 Å². The highest BCUT2D eigenvalue weighted by molar-refractivity contribution is 5.87. The molecule has 2 aliphatic heterocycles. The third kappa shape index (κ3) is 7.36. The van der Waals surface area contributed by atoms with Gasteiger partial charge in [-0.2, -0.15) is 5.26 Å². The van der Waals surface area contributed by atoms with Crippen LogP contribution in [0.5, 0.6) is 0 Å². The number of hydrogen-bond acceptors (Lipinski definition) is 5. The molecule has 4 aliphatic rings. The zero-order valence-electron chi connectivity index (χ0n) is 24.0. The van der Waals surface area contributed by atoms with Crippen LogP contribution in [-0.4, -0.2) is 78.8 Å². The van der Waals surface area contributed by atoms with E-state index in [9.17, 15) is 14.9 Å². The SMILES string of the molecule is N#CC1(NC(=O)C(CC2CCCCC2)NC(=O)N2CCOCC2)CCN(C2CCCC(c3ccccc3)C2)CC1. The van der Waals surface area contributed by atoms with Gasteiger partial charge in [0.25, 0.3) is 0 Å². The largest absolute Gasteiger partial charge is 0.378 e. The molecule has 0 aromatic heterocycles. The third-order valence-corrected chi connectivity index (χ3v) is 9.87. The molecular weight excluding hydrogens is 502 g/mol. The number of nitriles is 1. The maximum absolute atomic E-state index is 13.7. The summed E-state index contributed by atoms with van der Waals surface area (Å²) in [6, 6.07) is 13.0. The van der Waals surface area contributed by atoms with Crippen molar-refractivity contribution in [1.82, 2.24) is 20.4 Å². The molecule has 2 heterocycles. The van der Waals surface area contributed by atoms with Crippen LogP contribution in [0.3, 0.4) is 0 Å². The Kier molecular flexibility index (Phi) is 9.98. The molecule has 2 aliphatic carbocycles. The van der Waals surface area contributed by atoms with Gasteiger partial charge in [-0.3, -0.25) is 4.79 Å². The maximum atomic E-state index is 13.7. The molecule has 8 heteroatoms. The van der Waals surface area contributed by atoms with Crippen LogP contribution in [0, 0.1) is 17.2 Å². The number of nitrogens with one attached hydrogen (secondary N) is 2. The first-order chi connectivity index (χ1) is 19.5. The minimum atomic E-state index is -0.879. The van der Waals surface area contributed by atoms with E-state index in [1.165, 1.54) is 44.1 Å². The Morgan fingerprint density at radius 3 is 2.40 bits per heavy atom. The van der Waals surface area contributed by atoms with Crippen LogP contribution < -0.4 is 10.6 Å². The van der Waals surface area contributed by atoms with Gasteiger partial charge in [0.05, 0.1) is 19.3 Å². The normalized spacial score (nSPS) is 26.8. The van der Waals surface area contributed by atoms with Gasteiger partial charge in [-0.25, -0.2) is 4.79 Å². The summed E-state index contributed by atoms with van der Waals surface area (Å²) in [6.07, 6.45) is 12.5. The second-order valence-electron chi connectivity index (χ2n) is 12.5. The molecule has 40 heavy (non-hydrogen) atoms. The van der Waals surface area contributed by atoms with E-state index in [4.69, 9.17) is 4.74 Å². The number of amides is 3. The van der Waals surface area contributed by atoms with Gasteiger partial charge in [-0.1, -0.05) is 68.9 Å². The van der Waals surface area contributed by atoms with Crippen molar-refractivity contribution in [3.8, 4) is 6.07 Å². The molecule has 1 aromatic rings. The highest BCUT2D eigenvalue weighted by atomic mass is 16.5. The van der Waals surface area contributed by atoms with E-state index in [-0.39, 0.29) is 11.9 Å². The number of likely N-dealkylation sites (tertiary alicyclic amines) is 1. The van der Waals surface area contributed by atoms with E-state index in [1.54, 1.807) is 4.90 Å². The van der Waals surface area contributed by atoms with Crippen LogP contribution in [0.1, 0.15) is 88.5 Å². The van der Waals surface area contributed by atoms with E-state index in [0.717, 1.165) is 32.4 Å². The number of nitrogens with zero attached hydrogens (tertiary/aromatic N) is 3. The lowest BCUT2D eigenvalue weighted by atomic mass is 9.79. The molecule has 8 nitrogen and oxygen atoms in total. The molecule has 3 unspecified atom stereocenters. The van der Waals surface area contributed by atoms with Crippen molar-refractivity contribution in [3.05, 3.63) is 35.9 Å². The van der Waals surface area contributed by atoms with Crippen LogP contribution in [0.25, 0.3) is 0 Å². The Morgan fingerprint density at radius 1 is 0.975 bits per heavy atom. The monoisotopic (exact) mass is 549 g/mol. The fraction of sp³-hybridized carbons (Fsp3) is 0.719. The zero-order valence-corrected chi connectivity index (χ0v) is 24.0. The van der Waals surface area contributed by atoms with Gasteiger partial charge in [0.15, 0.2) is 0 Å². The van der Waals surface area contributed by atoms with Crippen LogP contribution in [-0.2, 0) is 9.53 Å². The van der Waals surface area contributed by atoms with Crippen molar-refractivity contribution < 1.29 is 14.3 Å². The highest BCUT2D eigenvalue weighted by Gasteiger charge is 2.41. The van der Waals surface area contributed by atoms with Gasteiger partial charge in [-0.05, 0) is 55.9 Å². The topological polar surface area (TPSA) is 97.7 Å².